The number of hydrogen-bond donors (Lipinski definition) is 0. The molecule has 0 fully saturated rings. The van der Waals surface area contributed by atoms with Gasteiger partial charge >= 0.3 is 56.3 Å². The van der Waals surface area contributed by atoms with Crippen molar-refractivity contribution in [1.29, 1.82) is 0 Å². The molecule has 0 saturated heterocycles. The van der Waals surface area contributed by atoms with Crippen molar-refractivity contribution in [3.8, 4) is 0 Å². The van der Waals surface area contributed by atoms with Gasteiger partial charge in [-0.2, -0.15) is 0 Å². The summed E-state index contributed by atoms with van der Waals surface area (Å²) in [5.41, 5.74) is 0. The summed E-state index contributed by atoms with van der Waals surface area (Å²) in [5.74, 6) is 2.25. The Morgan fingerprint density at radius 1 is 1.67 bits per heavy atom. The van der Waals surface area contributed by atoms with Gasteiger partial charge in [-0.05, 0) is 0 Å². The fourth-order valence-corrected chi connectivity index (χ4v) is 4.80. The van der Waals surface area contributed by atoms with E-state index in [0.717, 1.165) is 34.7 Å². The Hall–Kier alpha value is 1.33. The SMILES string of the molecule is C[Se]C[Se]CCl. The van der Waals surface area contributed by atoms with E-state index in [2.05, 4.69) is 5.82 Å². The third-order valence-electron chi connectivity index (χ3n) is 0.278. The Morgan fingerprint density at radius 3 is 2.50 bits per heavy atom. The van der Waals surface area contributed by atoms with E-state index in [4.69, 9.17) is 11.6 Å². The molecule has 0 aliphatic carbocycles. The van der Waals surface area contributed by atoms with Crippen LogP contribution in [0.15, 0.2) is 0 Å². The Balaban J connectivity index is 2.34. The van der Waals surface area contributed by atoms with Crippen LogP contribution in [-0.4, -0.2) is 34.7 Å². The van der Waals surface area contributed by atoms with Crippen molar-refractivity contribution < 1.29 is 0 Å². The molecular formula is C3H7ClSe2. The van der Waals surface area contributed by atoms with Crippen LogP contribution < -0.4 is 0 Å². The van der Waals surface area contributed by atoms with Gasteiger partial charge in [0.15, 0.2) is 0 Å². The molecule has 0 aliphatic heterocycles. The van der Waals surface area contributed by atoms with Crippen molar-refractivity contribution in [2.24, 2.45) is 0 Å². The standard InChI is InChI=1S/C3H7ClSe2/c1-5-3-6-2-4/h2-3H2,1H3. The van der Waals surface area contributed by atoms with Gasteiger partial charge in [-0.1, -0.05) is 0 Å². The maximum absolute atomic E-state index is 5.42. The Kier molecular flexibility index (Phi) is 7.73. The van der Waals surface area contributed by atoms with E-state index in [1.54, 1.807) is 0 Å². The second kappa shape index (κ2) is 6.33. The van der Waals surface area contributed by atoms with E-state index < -0.39 is 0 Å². The van der Waals surface area contributed by atoms with Crippen LogP contribution in [0.25, 0.3) is 0 Å². The summed E-state index contributed by atoms with van der Waals surface area (Å²) in [6.07, 6.45) is 0. The van der Waals surface area contributed by atoms with E-state index in [1.165, 1.54) is 4.22 Å². The molecule has 3 heteroatoms. The predicted octanol–water partition coefficient (Wildman–Crippen LogP) is 1.01. The quantitative estimate of drug-likeness (QED) is 0.390. The van der Waals surface area contributed by atoms with Gasteiger partial charge in [0.2, 0.25) is 0 Å². The molecule has 0 N–H and O–H groups in total. The van der Waals surface area contributed by atoms with E-state index in [1.807, 2.05) is 0 Å². The Labute approximate surface area is 56.3 Å². The van der Waals surface area contributed by atoms with Crippen LogP contribution in [0, 0.1) is 0 Å². The van der Waals surface area contributed by atoms with Crippen LogP contribution in [-0.2, 0) is 0 Å². The summed E-state index contributed by atoms with van der Waals surface area (Å²) in [4.78, 5) is 0. The first-order valence-electron chi connectivity index (χ1n) is 1.54. The third kappa shape index (κ3) is 5.33. The minimum absolute atomic E-state index is 0.760. The maximum atomic E-state index is 5.42. The van der Waals surface area contributed by atoms with Crippen molar-refractivity contribution >= 4 is 41.5 Å². The molecule has 0 aromatic rings. The Morgan fingerprint density at radius 2 is 2.33 bits per heavy atom. The van der Waals surface area contributed by atoms with Gasteiger partial charge in [-0.15, -0.1) is 0 Å². The molecule has 0 atom stereocenters. The summed E-state index contributed by atoms with van der Waals surface area (Å²) >= 11 is 7.05. The summed E-state index contributed by atoms with van der Waals surface area (Å²) < 4.78 is 2.31. The number of alkyl halides is 1. The van der Waals surface area contributed by atoms with Crippen LogP contribution in [0.4, 0.5) is 0 Å². The summed E-state index contributed by atoms with van der Waals surface area (Å²) in [6.45, 7) is 0. The first kappa shape index (κ1) is 7.33. The van der Waals surface area contributed by atoms with Gasteiger partial charge in [-0.25, -0.2) is 0 Å². The van der Waals surface area contributed by atoms with Gasteiger partial charge in [0.25, 0.3) is 0 Å². The van der Waals surface area contributed by atoms with E-state index >= 15 is 0 Å². The summed E-state index contributed by atoms with van der Waals surface area (Å²) in [5, 5.41) is 0. The van der Waals surface area contributed by atoms with Gasteiger partial charge in [0.1, 0.15) is 0 Å². The number of rotatable bonds is 3. The molecule has 0 spiro atoms. The predicted molar refractivity (Wildman–Crippen MR) is 32.9 cm³/mol. The Bertz CT molecular complexity index is 20.8. The van der Waals surface area contributed by atoms with Gasteiger partial charge < -0.3 is 0 Å². The number of halogens is 1. The molecule has 0 heterocycles. The van der Waals surface area contributed by atoms with Gasteiger partial charge in [0, 0.05) is 0 Å². The normalized spacial score (nSPS) is 9.00. The fraction of sp³-hybridized carbons (Fsp3) is 1.00. The van der Waals surface area contributed by atoms with Crippen molar-refractivity contribution in [2.45, 2.75) is 10.0 Å². The van der Waals surface area contributed by atoms with Crippen LogP contribution in [0.5, 0.6) is 0 Å². The summed E-state index contributed by atoms with van der Waals surface area (Å²) in [7, 11) is 0. The van der Waals surface area contributed by atoms with E-state index in [0.29, 0.717) is 0 Å². The fourth-order valence-electron chi connectivity index (χ4n) is 0.115. The average Bonchev–Trinajstić information content (AvgIpc) is 1.61. The number of hydrogen-bond acceptors (Lipinski definition) is 0. The van der Waals surface area contributed by atoms with E-state index in [9.17, 15) is 0 Å². The van der Waals surface area contributed by atoms with E-state index in [-0.39, 0.29) is 0 Å². The van der Waals surface area contributed by atoms with Crippen molar-refractivity contribution in [3.05, 3.63) is 0 Å². The molecule has 0 nitrogen and oxygen atoms in total. The molecular weight excluding hydrogens is 229 g/mol. The average molecular weight is 236 g/mol. The monoisotopic (exact) mass is 238 g/mol. The molecule has 0 radical (unpaired) electrons. The van der Waals surface area contributed by atoms with Crippen LogP contribution in [0.3, 0.4) is 0 Å². The topological polar surface area (TPSA) is 0 Å². The van der Waals surface area contributed by atoms with Crippen LogP contribution in [0.2, 0.25) is 10.0 Å². The van der Waals surface area contributed by atoms with Crippen molar-refractivity contribution in [3.63, 3.8) is 0 Å². The third-order valence-corrected chi connectivity index (χ3v) is 6.63. The molecule has 0 rings (SSSR count). The molecule has 0 saturated carbocycles. The molecule has 6 heavy (non-hydrogen) atoms. The minimum atomic E-state index is 0.760. The van der Waals surface area contributed by atoms with Crippen molar-refractivity contribution in [2.75, 3.05) is 4.78 Å². The molecule has 0 aromatic heterocycles. The first-order valence-corrected chi connectivity index (χ1v) is 7.42. The molecule has 0 aliphatic rings. The first-order chi connectivity index (χ1) is 2.91. The van der Waals surface area contributed by atoms with Gasteiger partial charge in [-0.3, -0.25) is 0 Å². The zero-order chi connectivity index (χ0) is 4.83. The van der Waals surface area contributed by atoms with Crippen molar-refractivity contribution in [1.82, 2.24) is 0 Å². The molecule has 38 valence electrons. The zero-order valence-electron chi connectivity index (χ0n) is 3.61. The zero-order valence-corrected chi connectivity index (χ0v) is 7.79. The molecule has 0 bridgehead atoms. The molecule has 0 aromatic carbocycles. The van der Waals surface area contributed by atoms with Crippen LogP contribution >= 0.6 is 11.6 Å². The molecule has 0 unspecified atom stereocenters. The van der Waals surface area contributed by atoms with Crippen LogP contribution in [0.1, 0.15) is 0 Å². The van der Waals surface area contributed by atoms with Gasteiger partial charge in [0.05, 0.1) is 0 Å². The second-order valence-corrected chi connectivity index (χ2v) is 7.44. The summed E-state index contributed by atoms with van der Waals surface area (Å²) in [6, 6.07) is 0. The second-order valence-electron chi connectivity index (χ2n) is 0.720. The molecule has 0 amide bonds.